The smallest absolute Gasteiger partial charge is 0.197 e. The molecular formula is C14H20N2O2. The van der Waals surface area contributed by atoms with Gasteiger partial charge in [0.05, 0.1) is 12.3 Å². The molecule has 0 N–H and O–H groups in total. The van der Waals surface area contributed by atoms with Gasteiger partial charge in [-0.2, -0.15) is 5.10 Å². The van der Waals surface area contributed by atoms with E-state index in [1.807, 2.05) is 31.7 Å². The lowest BCUT2D eigenvalue weighted by Crippen LogP contribution is -2.12. The van der Waals surface area contributed by atoms with Crippen LogP contribution < -0.4 is 0 Å². The molecule has 1 aliphatic rings. The largest absolute Gasteiger partial charge is 0.490 e. The third kappa shape index (κ3) is 2.63. The number of Topliss-reactive ketones (excluding diaryl/α,β-unsaturated/α-hetero) is 1. The van der Waals surface area contributed by atoms with Crippen LogP contribution in [-0.2, 0) is 23.0 Å². The summed E-state index contributed by atoms with van der Waals surface area (Å²) in [6, 6.07) is 0. The Bertz CT molecular complexity index is 486. The van der Waals surface area contributed by atoms with E-state index in [1.165, 1.54) is 5.56 Å². The highest BCUT2D eigenvalue weighted by molar-refractivity contribution is 5.93. The van der Waals surface area contributed by atoms with Crippen LogP contribution in [0.1, 0.15) is 36.2 Å². The third-order valence-electron chi connectivity index (χ3n) is 3.47. The van der Waals surface area contributed by atoms with Gasteiger partial charge in [-0.25, -0.2) is 0 Å². The van der Waals surface area contributed by atoms with Crippen LogP contribution >= 0.6 is 0 Å². The summed E-state index contributed by atoms with van der Waals surface area (Å²) < 4.78 is 7.25. The molecular weight excluding hydrogens is 228 g/mol. The van der Waals surface area contributed by atoms with Gasteiger partial charge in [0, 0.05) is 19.2 Å². The number of nitrogens with zero attached hydrogens (tertiary/aromatic N) is 2. The van der Waals surface area contributed by atoms with E-state index in [9.17, 15) is 4.79 Å². The molecule has 0 amide bonds. The first-order valence-electron chi connectivity index (χ1n) is 6.45. The van der Waals surface area contributed by atoms with Crippen molar-refractivity contribution in [3.63, 3.8) is 0 Å². The second-order valence-electron chi connectivity index (χ2n) is 4.76. The Morgan fingerprint density at radius 3 is 2.83 bits per heavy atom. The Balaban J connectivity index is 1.99. The lowest BCUT2D eigenvalue weighted by atomic mass is 10.0. The molecule has 0 fully saturated rings. The molecule has 0 saturated heterocycles. The van der Waals surface area contributed by atoms with Crippen LogP contribution in [0, 0.1) is 13.8 Å². The molecule has 0 bridgehead atoms. The van der Waals surface area contributed by atoms with Crippen molar-refractivity contribution < 1.29 is 9.53 Å². The van der Waals surface area contributed by atoms with Crippen LogP contribution in [0.2, 0.25) is 0 Å². The summed E-state index contributed by atoms with van der Waals surface area (Å²) in [5, 5.41) is 4.36. The molecule has 1 aliphatic heterocycles. The minimum atomic E-state index is 0.109. The van der Waals surface area contributed by atoms with Crippen LogP contribution in [0.25, 0.3) is 0 Å². The first-order chi connectivity index (χ1) is 8.59. The Morgan fingerprint density at radius 2 is 2.28 bits per heavy atom. The van der Waals surface area contributed by atoms with E-state index < -0.39 is 0 Å². The molecule has 0 atom stereocenters. The number of hydrogen-bond donors (Lipinski definition) is 0. The molecule has 0 aliphatic carbocycles. The molecule has 0 radical (unpaired) electrons. The number of hydrogen-bond acceptors (Lipinski definition) is 3. The van der Waals surface area contributed by atoms with Gasteiger partial charge in [0.2, 0.25) is 0 Å². The number of aryl methyl sites for hydroxylation is 2. The zero-order valence-corrected chi connectivity index (χ0v) is 11.3. The summed E-state index contributed by atoms with van der Waals surface area (Å²) in [6.07, 6.45) is 5.11. The highest BCUT2D eigenvalue weighted by Gasteiger charge is 2.16. The van der Waals surface area contributed by atoms with E-state index in [4.69, 9.17) is 4.74 Å². The van der Waals surface area contributed by atoms with Gasteiger partial charge in [0.15, 0.2) is 11.5 Å². The highest BCUT2D eigenvalue weighted by atomic mass is 16.5. The molecule has 4 heteroatoms. The molecule has 18 heavy (non-hydrogen) atoms. The maximum Gasteiger partial charge on any atom is 0.197 e. The predicted molar refractivity (Wildman–Crippen MR) is 69.3 cm³/mol. The van der Waals surface area contributed by atoms with Gasteiger partial charge in [0.1, 0.15) is 0 Å². The van der Waals surface area contributed by atoms with E-state index in [1.54, 1.807) is 0 Å². The van der Waals surface area contributed by atoms with Gasteiger partial charge < -0.3 is 4.74 Å². The number of allylic oxidation sites excluding steroid dienone is 2. The SMILES string of the molecule is Cc1nn(C)c(C)c1CCC(=O)C1=CCCCO1. The molecule has 0 aromatic carbocycles. The second-order valence-corrected chi connectivity index (χ2v) is 4.76. The quantitative estimate of drug-likeness (QED) is 0.820. The third-order valence-corrected chi connectivity index (χ3v) is 3.47. The van der Waals surface area contributed by atoms with Crippen molar-refractivity contribution in [2.75, 3.05) is 6.61 Å². The summed E-state index contributed by atoms with van der Waals surface area (Å²) in [5.74, 6) is 0.665. The minimum Gasteiger partial charge on any atom is -0.490 e. The minimum absolute atomic E-state index is 0.109. The van der Waals surface area contributed by atoms with Crippen molar-refractivity contribution in [1.82, 2.24) is 9.78 Å². The number of carbonyl (C=O) groups excluding carboxylic acids is 1. The Kier molecular flexibility index (Phi) is 3.84. The molecule has 1 aromatic heterocycles. The summed E-state index contributed by atoms with van der Waals surface area (Å²) in [5.41, 5.74) is 3.34. The highest BCUT2D eigenvalue weighted by Crippen LogP contribution is 2.17. The van der Waals surface area contributed by atoms with Crippen LogP contribution in [0.4, 0.5) is 0 Å². The van der Waals surface area contributed by atoms with Crippen molar-refractivity contribution in [2.24, 2.45) is 7.05 Å². The van der Waals surface area contributed by atoms with Crippen molar-refractivity contribution in [3.8, 4) is 0 Å². The number of carbonyl (C=O) groups is 1. The van der Waals surface area contributed by atoms with Crippen LogP contribution in [0.5, 0.6) is 0 Å². The van der Waals surface area contributed by atoms with Crippen LogP contribution in [0.15, 0.2) is 11.8 Å². The fourth-order valence-electron chi connectivity index (χ4n) is 2.29. The first kappa shape index (κ1) is 12.9. The fraction of sp³-hybridized carbons (Fsp3) is 0.571. The van der Waals surface area contributed by atoms with Crippen LogP contribution in [0.3, 0.4) is 0 Å². The van der Waals surface area contributed by atoms with E-state index in [-0.39, 0.29) is 5.78 Å². The van der Waals surface area contributed by atoms with E-state index >= 15 is 0 Å². The van der Waals surface area contributed by atoms with Crippen molar-refractivity contribution in [2.45, 2.75) is 39.5 Å². The molecule has 4 nitrogen and oxygen atoms in total. The summed E-state index contributed by atoms with van der Waals surface area (Å²) >= 11 is 0. The van der Waals surface area contributed by atoms with Crippen molar-refractivity contribution in [1.29, 1.82) is 0 Å². The molecule has 98 valence electrons. The summed E-state index contributed by atoms with van der Waals surface area (Å²) in [6.45, 7) is 4.70. The zero-order chi connectivity index (χ0) is 13.1. The second kappa shape index (κ2) is 5.38. The van der Waals surface area contributed by atoms with E-state index in [2.05, 4.69) is 5.10 Å². The predicted octanol–water partition coefficient (Wildman–Crippen LogP) is 2.23. The average Bonchev–Trinajstić information content (AvgIpc) is 2.62. The lowest BCUT2D eigenvalue weighted by Gasteiger charge is -2.13. The van der Waals surface area contributed by atoms with Gasteiger partial charge >= 0.3 is 0 Å². The van der Waals surface area contributed by atoms with E-state index in [0.717, 1.165) is 30.7 Å². The first-order valence-corrected chi connectivity index (χ1v) is 6.45. The van der Waals surface area contributed by atoms with Gasteiger partial charge in [-0.05, 0) is 44.7 Å². The number of ether oxygens (including phenoxy) is 1. The number of rotatable bonds is 4. The normalized spacial score (nSPS) is 15.2. The fourth-order valence-corrected chi connectivity index (χ4v) is 2.29. The Labute approximate surface area is 108 Å². The van der Waals surface area contributed by atoms with Crippen LogP contribution in [-0.4, -0.2) is 22.2 Å². The molecule has 2 heterocycles. The molecule has 0 saturated carbocycles. The van der Waals surface area contributed by atoms with Crippen molar-refractivity contribution in [3.05, 3.63) is 28.8 Å². The van der Waals surface area contributed by atoms with Gasteiger partial charge in [-0.3, -0.25) is 9.48 Å². The molecule has 1 aromatic rings. The monoisotopic (exact) mass is 248 g/mol. The molecule has 0 spiro atoms. The van der Waals surface area contributed by atoms with Gasteiger partial charge in [0.25, 0.3) is 0 Å². The molecule has 2 rings (SSSR count). The number of aromatic nitrogens is 2. The maximum absolute atomic E-state index is 12.0. The number of ketones is 1. The average molecular weight is 248 g/mol. The standard InChI is InChI=1S/C14H20N2O2/c1-10-12(11(2)16(3)15-10)7-8-13(17)14-6-4-5-9-18-14/h6H,4-5,7-9H2,1-3H3. The van der Waals surface area contributed by atoms with E-state index in [0.29, 0.717) is 18.8 Å². The maximum atomic E-state index is 12.0. The summed E-state index contributed by atoms with van der Waals surface area (Å²) in [4.78, 5) is 12.0. The topological polar surface area (TPSA) is 44.1 Å². The molecule has 0 unspecified atom stereocenters. The lowest BCUT2D eigenvalue weighted by molar-refractivity contribution is -0.119. The van der Waals surface area contributed by atoms with Crippen molar-refractivity contribution >= 4 is 5.78 Å². The summed E-state index contributed by atoms with van der Waals surface area (Å²) in [7, 11) is 1.93. The van der Waals surface area contributed by atoms with Gasteiger partial charge in [-0.15, -0.1) is 0 Å². The Hall–Kier alpha value is -1.58. The zero-order valence-electron chi connectivity index (χ0n) is 11.3. The van der Waals surface area contributed by atoms with Gasteiger partial charge in [-0.1, -0.05) is 0 Å². The Morgan fingerprint density at radius 1 is 1.50 bits per heavy atom.